The van der Waals surface area contributed by atoms with Crippen molar-refractivity contribution in [3.05, 3.63) is 100 Å². The summed E-state index contributed by atoms with van der Waals surface area (Å²) in [5, 5.41) is 11.5. The topological polar surface area (TPSA) is 66.3 Å². The SMILES string of the molecule is CCOC(=O)C1=NN(c2ccc(Br)cc2)C2(NN=C(c3ccccc3)c3ccccc32)S1. The zero-order valence-corrected chi connectivity index (χ0v) is 19.6. The Kier molecular flexibility index (Phi) is 5.48. The van der Waals surface area contributed by atoms with E-state index in [9.17, 15) is 4.79 Å². The van der Waals surface area contributed by atoms with Crippen LogP contribution < -0.4 is 10.4 Å². The molecule has 0 saturated heterocycles. The second-order valence-corrected chi connectivity index (χ2v) is 9.24. The van der Waals surface area contributed by atoms with Gasteiger partial charge in [0.1, 0.15) is 0 Å². The van der Waals surface area contributed by atoms with Crippen LogP contribution in [-0.4, -0.2) is 23.3 Å². The molecule has 1 N–H and O–H groups in total. The fourth-order valence-corrected chi connectivity index (χ4v) is 5.18. The van der Waals surface area contributed by atoms with Crippen molar-refractivity contribution in [1.29, 1.82) is 0 Å². The van der Waals surface area contributed by atoms with Crippen LogP contribution in [0.5, 0.6) is 0 Å². The van der Waals surface area contributed by atoms with Crippen molar-refractivity contribution in [3.63, 3.8) is 0 Å². The van der Waals surface area contributed by atoms with E-state index < -0.39 is 11.0 Å². The van der Waals surface area contributed by atoms with Crippen LogP contribution in [0.1, 0.15) is 23.6 Å². The second kappa shape index (κ2) is 8.44. The first kappa shape index (κ1) is 20.8. The van der Waals surface area contributed by atoms with Crippen LogP contribution in [0.4, 0.5) is 5.69 Å². The van der Waals surface area contributed by atoms with E-state index >= 15 is 0 Å². The maximum Gasteiger partial charge on any atom is 0.365 e. The van der Waals surface area contributed by atoms with Crippen LogP contribution in [-0.2, 0) is 14.5 Å². The molecular weight excluding hydrogens is 488 g/mol. The van der Waals surface area contributed by atoms with Gasteiger partial charge < -0.3 is 4.74 Å². The van der Waals surface area contributed by atoms with Crippen LogP contribution in [0.25, 0.3) is 0 Å². The molecule has 8 heteroatoms. The standard InChI is InChI=1S/C24H19BrN4O2S/c1-2-31-23(30)22-27-29(18-14-12-17(25)13-15-18)24(32-22)20-11-7-6-10-19(20)21(26-28-24)16-8-4-3-5-9-16/h3-15,28H,2H2,1H3. The highest BCUT2D eigenvalue weighted by atomic mass is 79.9. The highest BCUT2D eigenvalue weighted by Crippen LogP contribution is 2.49. The summed E-state index contributed by atoms with van der Waals surface area (Å²) < 4.78 is 6.21. The number of hydrogen-bond donors (Lipinski definition) is 1. The Hall–Kier alpha value is -3.10. The molecule has 0 amide bonds. The first-order valence-electron chi connectivity index (χ1n) is 10.1. The molecule has 160 valence electrons. The smallest absolute Gasteiger partial charge is 0.365 e. The quantitative estimate of drug-likeness (QED) is 0.501. The molecule has 1 unspecified atom stereocenters. The van der Waals surface area contributed by atoms with E-state index in [0.717, 1.165) is 32.6 Å². The number of rotatable bonds is 4. The number of carbonyl (C=O) groups is 1. The Bertz CT molecular complexity index is 1230. The van der Waals surface area contributed by atoms with Gasteiger partial charge in [-0.2, -0.15) is 10.2 Å². The lowest BCUT2D eigenvalue weighted by Crippen LogP contribution is -2.51. The zero-order chi connectivity index (χ0) is 22.1. The number of anilines is 1. The Balaban J connectivity index is 1.66. The molecule has 0 aromatic heterocycles. The average Bonchev–Trinajstić information content (AvgIpc) is 3.21. The number of hydrogen-bond acceptors (Lipinski definition) is 7. The number of nitrogens with zero attached hydrogens (tertiary/aromatic N) is 3. The largest absolute Gasteiger partial charge is 0.461 e. The second-order valence-electron chi connectivity index (χ2n) is 7.14. The van der Waals surface area contributed by atoms with Crippen LogP contribution in [0.2, 0.25) is 0 Å². The van der Waals surface area contributed by atoms with Gasteiger partial charge in [-0.15, -0.1) is 0 Å². The van der Waals surface area contributed by atoms with E-state index in [0.29, 0.717) is 0 Å². The minimum atomic E-state index is -0.926. The molecule has 0 radical (unpaired) electrons. The fourth-order valence-electron chi connectivity index (χ4n) is 3.75. The number of esters is 1. The van der Waals surface area contributed by atoms with Gasteiger partial charge in [0, 0.05) is 21.2 Å². The van der Waals surface area contributed by atoms with Crippen molar-refractivity contribution in [1.82, 2.24) is 5.43 Å². The molecule has 32 heavy (non-hydrogen) atoms. The monoisotopic (exact) mass is 506 g/mol. The predicted molar refractivity (Wildman–Crippen MR) is 132 cm³/mol. The molecule has 0 aliphatic carbocycles. The molecule has 0 bridgehead atoms. The van der Waals surface area contributed by atoms with E-state index in [2.05, 4.69) is 26.5 Å². The van der Waals surface area contributed by atoms with Gasteiger partial charge in [-0.25, -0.2) is 9.80 Å². The Morgan fingerprint density at radius 2 is 1.78 bits per heavy atom. The van der Waals surface area contributed by atoms with Gasteiger partial charge in [0.2, 0.25) is 10.0 Å². The molecule has 6 nitrogen and oxygen atoms in total. The van der Waals surface area contributed by atoms with Crippen LogP contribution in [0, 0.1) is 0 Å². The number of carbonyl (C=O) groups excluding carboxylic acids is 1. The summed E-state index contributed by atoms with van der Waals surface area (Å²) in [6.07, 6.45) is 0. The summed E-state index contributed by atoms with van der Waals surface area (Å²) in [6.45, 7) is 2.06. The Morgan fingerprint density at radius 1 is 1.06 bits per heavy atom. The molecule has 5 rings (SSSR count). The fraction of sp³-hybridized carbons (Fsp3) is 0.125. The zero-order valence-electron chi connectivity index (χ0n) is 17.2. The molecule has 3 aromatic carbocycles. The lowest BCUT2D eigenvalue weighted by atomic mass is 9.94. The molecule has 2 heterocycles. The number of fused-ring (bicyclic) bond motifs is 2. The highest BCUT2D eigenvalue weighted by Gasteiger charge is 2.51. The Morgan fingerprint density at radius 3 is 2.53 bits per heavy atom. The molecule has 2 aliphatic rings. The van der Waals surface area contributed by atoms with Gasteiger partial charge >= 0.3 is 5.97 Å². The maximum absolute atomic E-state index is 12.6. The van der Waals surface area contributed by atoms with E-state index in [1.807, 2.05) is 78.9 Å². The van der Waals surface area contributed by atoms with Crippen molar-refractivity contribution in [2.75, 3.05) is 11.6 Å². The van der Waals surface area contributed by atoms with E-state index in [1.54, 1.807) is 11.9 Å². The molecule has 3 aromatic rings. The third-order valence-corrected chi connectivity index (χ3v) is 6.92. The van der Waals surface area contributed by atoms with Gasteiger partial charge in [0.05, 0.1) is 18.0 Å². The maximum atomic E-state index is 12.6. The molecule has 0 fully saturated rings. The number of hydrazone groups is 2. The minimum absolute atomic E-state index is 0.274. The first-order chi connectivity index (χ1) is 15.6. The lowest BCUT2D eigenvalue weighted by Gasteiger charge is -2.40. The average molecular weight is 507 g/mol. The summed E-state index contributed by atoms with van der Waals surface area (Å²) in [4.78, 5) is 11.7. The van der Waals surface area contributed by atoms with Gasteiger partial charge in [-0.05, 0) is 43.0 Å². The number of nitrogens with one attached hydrogen (secondary N) is 1. The summed E-state index contributed by atoms with van der Waals surface area (Å²) in [7, 11) is 0. The third-order valence-electron chi connectivity index (χ3n) is 5.17. The number of ether oxygens (including phenoxy) is 1. The normalized spacial score (nSPS) is 19.1. The highest BCUT2D eigenvalue weighted by molar-refractivity contribution is 9.10. The van der Waals surface area contributed by atoms with Crippen molar-refractivity contribution < 1.29 is 9.53 Å². The van der Waals surface area contributed by atoms with Crippen molar-refractivity contribution in [3.8, 4) is 0 Å². The lowest BCUT2D eigenvalue weighted by molar-refractivity contribution is -0.134. The van der Waals surface area contributed by atoms with E-state index in [4.69, 9.17) is 9.84 Å². The van der Waals surface area contributed by atoms with Gasteiger partial charge in [0.15, 0.2) is 0 Å². The van der Waals surface area contributed by atoms with E-state index in [1.165, 1.54) is 11.8 Å². The predicted octanol–water partition coefficient (Wildman–Crippen LogP) is 5.05. The number of benzene rings is 3. The van der Waals surface area contributed by atoms with Gasteiger partial charge in [0.25, 0.3) is 0 Å². The van der Waals surface area contributed by atoms with Crippen molar-refractivity contribution in [2.45, 2.75) is 11.9 Å². The Labute approximate surface area is 198 Å². The van der Waals surface area contributed by atoms with Gasteiger partial charge in [-0.1, -0.05) is 70.5 Å². The van der Waals surface area contributed by atoms with Crippen LogP contribution >= 0.6 is 27.7 Å². The summed E-state index contributed by atoms with van der Waals surface area (Å²) in [5.74, 6) is -0.450. The first-order valence-corrected chi connectivity index (χ1v) is 11.7. The number of thioether (sulfide) groups is 1. The molecule has 0 saturated carbocycles. The van der Waals surface area contributed by atoms with Crippen LogP contribution in [0.15, 0.2) is 93.5 Å². The summed E-state index contributed by atoms with van der Waals surface area (Å²) in [5.41, 5.74) is 7.94. The molecule has 1 spiro atoms. The molecular formula is C24H19BrN4O2S. The van der Waals surface area contributed by atoms with Gasteiger partial charge in [-0.3, -0.25) is 5.43 Å². The summed E-state index contributed by atoms with van der Waals surface area (Å²) >= 11 is 4.79. The van der Waals surface area contributed by atoms with E-state index in [-0.39, 0.29) is 11.7 Å². The third kappa shape index (κ3) is 3.49. The summed E-state index contributed by atoms with van der Waals surface area (Å²) in [6, 6.07) is 25.9. The minimum Gasteiger partial charge on any atom is -0.461 e. The van der Waals surface area contributed by atoms with Crippen molar-refractivity contribution >= 4 is 50.1 Å². The molecule has 1 atom stereocenters. The molecule has 2 aliphatic heterocycles. The van der Waals surface area contributed by atoms with Crippen molar-refractivity contribution in [2.24, 2.45) is 10.2 Å². The van der Waals surface area contributed by atoms with Crippen LogP contribution in [0.3, 0.4) is 0 Å². The number of halogens is 1.